The van der Waals surface area contributed by atoms with E-state index < -0.39 is 0 Å². The zero-order valence-corrected chi connectivity index (χ0v) is 16.8. The lowest BCUT2D eigenvalue weighted by Gasteiger charge is -2.24. The van der Waals surface area contributed by atoms with Crippen molar-refractivity contribution >= 4 is 23.2 Å². The van der Waals surface area contributed by atoms with Crippen LogP contribution in [0.3, 0.4) is 0 Å². The van der Waals surface area contributed by atoms with Gasteiger partial charge in [-0.2, -0.15) is 0 Å². The molecule has 1 aliphatic heterocycles. The Labute approximate surface area is 174 Å². The highest BCUT2D eigenvalue weighted by Crippen LogP contribution is 2.21. The van der Waals surface area contributed by atoms with Crippen LogP contribution in [0.25, 0.3) is 0 Å². The van der Waals surface area contributed by atoms with Crippen LogP contribution in [0.1, 0.15) is 33.7 Å². The Morgan fingerprint density at radius 2 is 2.00 bits per heavy atom. The average Bonchev–Trinajstić information content (AvgIpc) is 3.40. The van der Waals surface area contributed by atoms with Gasteiger partial charge in [0.25, 0.3) is 5.91 Å². The monoisotopic (exact) mass is 408 g/mol. The number of hydrogen-bond acceptors (Lipinski definition) is 4. The van der Waals surface area contributed by atoms with Crippen LogP contribution in [-0.4, -0.2) is 29.2 Å². The van der Waals surface area contributed by atoms with Crippen molar-refractivity contribution in [2.45, 2.75) is 26.0 Å². The molecule has 29 heavy (non-hydrogen) atoms. The van der Waals surface area contributed by atoms with Gasteiger partial charge in [-0.3, -0.25) is 4.79 Å². The van der Waals surface area contributed by atoms with Gasteiger partial charge in [0.15, 0.2) is 11.9 Å². The SMILES string of the molecule is Cc1ccc(C2=NO[C@@H](CN(Cc3cccc(Cl)c3)C(=O)c3ccco3)C2)cc1. The first-order chi connectivity index (χ1) is 14.1. The van der Waals surface area contributed by atoms with Crippen LogP contribution in [0.4, 0.5) is 0 Å². The lowest BCUT2D eigenvalue weighted by molar-refractivity contribution is 0.0387. The second-order valence-electron chi connectivity index (χ2n) is 7.13. The Balaban J connectivity index is 1.48. The molecule has 0 aliphatic carbocycles. The number of furan rings is 1. The van der Waals surface area contributed by atoms with E-state index in [1.165, 1.54) is 11.8 Å². The van der Waals surface area contributed by atoms with E-state index in [0.717, 1.165) is 16.8 Å². The van der Waals surface area contributed by atoms with Crippen molar-refractivity contribution in [2.75, 3.05) is 6.54 Å². The molecule has 0 saturated carbocycles. The molecule has 5 nitrogen and oxygen atoms in total. The Kier molecular flexibility index (Phi) is 5.67. The number of carbonyl (C=O) groups excluding carboxylic acids is 1. The molecule has 0 N–H and O–H groups in total. The fourth-order valence-electron chi connectivity index (χ4n) is 3.32. The summed E-state index contributed by atoms with van der Waals surface area (Å²) in [5.41, 5.74) is 4.07. The molecule has 1 amide bonds. The van der Waals surface area contributed by atoms with E-state index in [1.54, 1.807) is 17.0 Å². The molecule has 4 rings (SSSR count). The van der Waals surface area contributed by atoms with Crippen molar-refractivity contribution in [3.05, 3.63) is 94.4 Å². The summed E-state index contributed by atoms with van der Waals surface area (Å²) in [5, 5.41) is 4.88. The summed E-state index contributed by atoms with van der Waals surface area (Å²) >= 11 is 6.11. The van der Waals surface area contributed by atoms with Crippen LogP contribution < -0.4 is 0 Å². The quantitative estimate of drug-likeness (QED) is 0.571. The standard InChI is InChI=1S/C23H21ClN2O3/c1-16-7-9-18(10-8-16)21-13-20(29-25-21)15-26(23(27)22-6-3-11-28-22)14-17-4-2-5-19(24)12-17/h2-12,20H,13-15H2,1H3/t20-/m1/s1. The minimum Gasteiger partial charge on any atom is -0.459 e. The molecule has 0 unspecified atom stereocenters. The smallest absolute Gasteiger partial charge is 0.289 e. The summed E-state index contributed by atoms with van der Waals surface area (Å²) in [7, 11) is 0. The zero-order valence-electron chi connectivity index (χ0n) is 16.0. The van der Waals surface area contributed by atoms with E-state index in [9.17, 15) is 4.79 Å². The van der Waals surface area contributed by atoms with Crippen LogP contribution in [0.5, 0.6) is 0 Å². The van der Waals surface area contributed by atoms with Crippen LogP contribution in [0.2, 0.25) is 5.02 Å². The molecular weight excluding hydrogens is 388 g/mol. The predicted octanol–water partition coefficient (Wildman–Crippen LogP) is 5.08. The fraction of sp³-hybridized carbons (Fsp3) is 0.217. The van der Waals surface area contributed by atoms with E-state index >= 15 is 0 Å². The number of carbonyl (C=O) groups is 1. The lowest BCUT2D eigenvalue weighted by Crippen LogP contribution is -2.37. The van der Waals surface area contributed by atoms with Crippen molar-refractivity contribution in [1.82, 2.24) is 4.90 Å². The van der Waals surface area contributed by atoms with Crippen LogP contribution in [-0.2, 0) is 11.4 Å². The zero-order chi connectivity index (χ0) is 20.2. The maximum Gasteiger partial charge on any atom is 0.289 e. The van der Waals surface area contributed by atoms with Gasteiger partial charge in [0, 0.05) is 18.0 Å². The molecule has 2 heterocycles. The number of aryl methyl sites for hydroxylation is 1. The molecule has 0 radical (unpaired) electrons. The van der Waals surface area contributed by atoms with Crippen molar-refractivity contribution < 1.29 is 14.0 Å². The van der Waals surface area contributed by atoms with E-state index in [4.69, 9.17) is 20.9 Å². The Bertz CT molecular complexity index is 1010. The molecular formula is C23H21ClN2O3. The molecule has 0 saturated heterocycles. The van der Waals surface area contributed by atoms with Gasteiger partial charge < -0.3 is 14.2 Å². The number of amides is 1. The van der Waals surface area contributed by atoms with Crippen molar-refractivity contribution in [1.29, 1.82) is 0 Å². The van der Waals surface area contributed by atoms with Gasteiger partial charge in [0.05, 0.1) is 18.5 Å². The highest BCUT2D eigenvalue weighted by Gasteiger charge is 2.28. The van der Waals surface area contributed by atoms with Gasteiger partial charge in [0.1, 0.15) is 0 Å². The van der Waals surface area contributed by atoms with Gasteiger partial charge in [-0.1, -0.05) is 58.7 Å². The summed E-state index contributed by atoms with van der Waals surface area (Å²) in [6.07, 6.45) is 1.92. The number of benzene rings is 2. The van der Waals surface area contributed by atoms with E-state index in [-0.39, 0.29) is 12.0 Å². The van der Waals surface area contributed by atoms with Gasteiger partial charge in [-0.25, -0.2) is 0 Å². The number of oxime groups is 1. The second kappa shape index (κ2) is 8.53. The third-order valence-electron chi connectivity index (χ3n) is 4.82. The van der Waals surface area contributed by atoms with E-state index in [2.05, 4.69) is 17.3 Å². The molecule has 2 aromatic carbocycles. The molecule has 0 spiro atoms. The van der Waals surface area contributed by atoms with Gasteiger partial charge in [-0.05, 0) is 42.3 Å². The van der Waals surface area contributed by atoms with Crippen molar-refractivity contribution in [3.8, 4) is 0 Å². The number of nitrogens with zero attached hydrogens (tertiary/aromatic N) is 2. The van der Waals surface area contributed by atoms with Crippen LogP contribution >= 0.6 is 11.6 Å². The summed E-state index contributed by atoms with van der Waals surface area (Å²) in [5.74, 6) is 0.104. The molecule has 1 aliphatic rings. The summed E-state index contributed by atoms with van der Waals surface area (Å²) < 4.78 is 5.32. The third-order valence-corrected chi connectivity index (χ3v) is 5.06. The minimum atomic E-state index is -0.218. The number of hydrogen-bond donors (Lipinski definition) is 0. The third kappa shape index (κ3) is 4.69. The first-order valence-electron chi connectivity index (χ1n) is 9.45. The predicted molar refractivity (Wildman–Crippen MR) is 112 cm³/mol. The van der Waals surface area contributed by atoms with Gasteiger partial charge >= 0.3 is 0 Å². The molecule has 148 valence electrons. The normalized spacial score (nSPS) is 15.7. The Morgan fingerprint density at radius 3 is 2.72 bits per heavy atom. The van der Waals surface area contributed by atoms with Crippen LogP contribution in [0.15, 0.2) is 76.5 Å². The van der Waals surface area contributed by atoms with E-state index in [1.807, 2.05) is 43.3 Å². The van der Waals surface area contributed by atoms with E-state index in [0.29, 0.717) is 30.3 Å². The maximum atomic E-state index is 13.0. The Morgan fingerprint density at radius 1 is 1.17 bits per heavy atom. The molecule has 6 heteroatoms. The summed E-state index contributed by atoms with van der Waals surface area (Å²) in [4.78, 5) is 20.3. The second-order valence-corrected chi connectivity index (χ2v) is 7.56. The largest absolute Gasteiger partial charge is 0.459 e. The molecule has 0 fully saturated rings. The summed E-state index contributed by atoms with van der Waals surface area (Å²) in [6.45, 7) is 2.85. The van der Waals surface area contributed by atoms with Crippen LogP contribution in [0, 0.1) is 6.92 Å². The molecule has 1 aromatic heterocycles. The molecule has 1 atom stereocenters. The van der Waals surface area contributed by atoms with Gasteiger partial charge in [0.2, 0.25) is 0 Å². The molecule has 3 aromatic rings. The average molecular weight is 409 g/mol. The highest BCUT2D eigenvalue weighted by atomic mass is 35.5. The van der Waals surface area contributed by atoms with Gasteiger partial charge in [-0.15, -0.1) is 0 Å². The fourth-order valence-corrected chi connectivity index (χ4v) is 3.53. The number of rotatable bonds is 6. The molecule has 0 bridgehead atoms. The maximum absolute atomic E-state index is 13.0. The van der Waals surface area contributed by atoms with Crippen molar-refractivity contribution in [2.24, 2.45) is 5.16 Å². The summed E-state index contributed by atoms with van der Waals surface area (Å²) in [6, 6.07) is 19.0. The Hall–Kier alpha value is -3.05. The number of halogens is 1. The first-order valence-corrected chi connectivity index (χ1v) is 9.83. The van der Waals surface area contributed by atoms with Crippen molar-refractivity contribution in [3.63, 3.8) is 0 Å². The lowest BCUT2D eigenvalue weighted by atomic mass is 10.0. The first kappa shape index (κ1) is 19.3. The topological polar surface area (TPSA) is 55.0 Å². The minimum absolute atomic E-state index is 0.192. The highest BCUT2D eigenvalue weighted by molar-refractivity contribution is 6.30.